The minimum absolute atomic E-state index is 0.217. The number of benzene rings is 1. The molecule has 0 aliphatic heterocycles. The van der Waals surface area contributed by atoms with Gasteiger partial charge in [-0.2, -0.15) is 0 Å². The monoisotopic (exact) mass is 277 g/mol. The zero-order chi connectivity index (χ0) is 15.0. The predicted octanol–water partition coefficient (Wildman–Crippen LogP) is 2.00. The first-order chi connectivity index (χ1) is 9.54. The molecule has 4 heteroatoms. The summed E-state index contributed by atoms with van der Waals surface area (Å²) >= 11 is 0. The van der Waals surface area contributed by atoms with Crippen LogP contribution in [0.25, 0.3) is 0 Å². The molecule has 0 spiro atoms. The summed E-state index contributed by atoms with van der Waals surface area (Å²) in [6.45, 7) is 4.65. The molecule has 1 aromatic carbocycles. The molecule has 1 rings (SSSR count). The molecule has 0 unspecified atom stereocenters. The number of amides is 1. The quantitative estimate of drug-likeness (QED) is 0.739. The van der Waals surface area contributed by atoms with E-state index in [9.17, 15) is 4.79 Å². The third kappa shape index (κ3) is 5.61. The van der Waals surface area contributed by atoms with Crippen molar-refractivity contribution in [2.45, 2.75) is 26.2 Å². The Morgan fingerprint density at radius 1 is 1.20 bits per heavy atom. The number of rotatable bonds is 8. The van der Waals surface area contributed by atoms with Crippen LogP contribution in [0.1, 0.15) is 25.3 Å². The van der Waals surface area contributed by atoms with E-state index in [0.717, 1.165) is 43.7 Å². The summed E-state index contributed by atoms with van der Waals surface area (Å²) in [5.74, 6) is 0.217. The van der Waals surface area contributed by atoms with Crippen molar-refractivity contribution < 1.29 is 4.79 Å². The third-order valence-electron chi connectivity index (χ3n) is 3.43. The molecule has 0 atom stereocenters. The van der Waals surface area contributed by atoms with Crippen molar-refractivity contribution in [3.8, 4) is 0 Å². The number of carbonyl (C=O) groups is 1. The molecule has 1 amide bonds. The van der Waals surface area contributed by atoms with Crippen molar-refractivity contribution in [3.05, 3.63) is 29.8 Å². The lowest BCUT2D eigenvalue weighted by atomic mass is 10.1. The van der Waals surface area contributed by atoms with E-state index in [1.165, 1.54) is 0 Å². The van der Waals surface area contributed by atoms with E-state index >= 15 is 0 Å². The van der Waals surface area contributed by atoms with Gasteiger partial charge in [-0.15, -0.1) is 0 Å². The lowest BCUT2D eigenvalue weighted by Crippen LogP contribution is -2.33. The number of nitrogens with zero attached hydrogens (tertiary/aromatic N) is 2. The van der Waals surface area contributed by atoms with Gasteiger partial charge in [0.15, 0.2) is 0 Å². The third-order valence-corrected chi connectivity index (χ3v) is 3.43. The Morgan fingerprint density at radius 3 is 2.50 bits per heavy atom. The highest BCUT2D eigenvalue weighted by atomic mass is 16.2. The Balaban J connectivity index is 2.41. The van der Waals surface area contributed by atoms with E-state index in [2.05, 4.69) is 19.0 Å². The van der Waals surface area contributed by atoms with Gasteiger partial charge in [-0.25, -0.2) is 0 Å². The minimum atomic E-state index is 0.217. The van der Waals surface area contributed by atoms with Crippen LogP contribution < -0.4 is 5.73 Å². The number of aryl methyl sites for hydroxylation is 1. The molecule has 20 heavy (non-hydrogen) atoms. The van der Waals surface area contributed by atoms with Gasteiger partial charge in [0.2, 0.25) is 5.91 Å². The number of hydrogen-bond donors (Lipinski definition) is 1. The van der Waals surface area contributed by atoms with E-state index in [4.69, 9.17) is 5.73 Å². The van der Waals surface area contributed by atoms with Gasteiger partial charge < -0.3 is 15.5 Å². The Bertz CT molecular complexity index is 418. The maximum Gasteiger partial charge on any atom is 0.222 e. The largest absolute Gasteiger partial charge is 0.399 e. The zero-order valence-electron chi connectivity index (χ0n) is 12.9. The summed E-state index contributed by atoms with van der Waals surface area (Å²) in [5.41, 5.74) is 7.73. The van der Waals surface area contributed by atoms with Crippen molar-refractivity contribution >= 4 is 11.6 Å². The summed E-state index contributed by atoms with van der Waals surface area (Å²) in [4.78, 5) is 16.3. The van der Waals surface area contributed by atoms with Crippen molar-refractivity contribution in [3.63, 3.8) is 0 Å². The SMILES string of the molecule is CCN(CCCN(C)C)C(=O)CCc1ccccc1N. The topological polar surface area (TPSA) is 49.6 Å². The highest BCUT2D eigenvalue weighted by molar-refractivity contribution is 5.76. The number of hydrogen-bond acceptors (Lipinski definition) is 3. The number of para-hydroxylation sites is 1. The minimum Gasteiger partial charge on any atom is -0.399 e. The molecule has 2 N–H and O–H groups in total. The van der Waals surface area contributed by atoms with Crippen LogP contribution in [0.3, 0.4) is 0 Å². The smallest absolute Gasteiger partial charge is 0.222 e. The molecule has 0 aliphatic rings. The fourth-order valence-electron chi connectivity index (χ4n) is 2.20. The number of carbonyl (C=O) groups excluding carboxylic acids is 1. The Hall–Kier alpha value is -1.55. The average molecular weight is 277 g/mol. The molecular formula is C16H27N3O. The molecule has 0 saturated heterocycles. The molecule has 0 bridgehead atoms. The molecular weight excluding hydrogens is 250 g/mol. The van der Waals surface area contributed by atoms with E-state index < -0.39 is 0 Å². The van der Waals surface area contributed by atoms with Gasteiger partial charge in [0.1, 0.15) is 0 Å². The number of anilines is 1. The fraction of sp³-hybridized carbons (Fsp3) is 0.562. The molecule has 4 nitrogen and oxygen atoms in total. The van der Waals surface area contributed by atoms with E-state index in [0.29, 0.717) is 6.42 Å². The molecule has 112 valence electrons. The fourth-order valence-corrected chi connectivity index (χ4v) is 2.20. The second-order valence-corrected chi connectivity index (χ2v) is 5.33. The lowest BCUT2D eigenvalue weighted by Gasteiger charge is -2.22. The predicted molar refractivity (Wildman–Crippen MR) is 84.6 cm³/mol. The van der Waals surface area contributed by atoms with Crippen molar-refractivity contribution in [2.75, 3.05) is 39.5 Å². The maximum atomic E-state index is 12.2. The lowest BCUT2D eigenvalue weighted by molar-refractivity contribution is -0.131. The van der Waals surface area contributed by atoms with Gasteiger partial charge in [0.05, 0.1) is 0 Å². The molecule has 0 aliphatic carbocycles. The van der Waals surface area contributed by atoms with Gasteiger partial charge in [0, 0.05) is 25.2 Å². The maximum absolute atomic E-state index is 12.2. The summed E-state index contributed by atoms with van der Waals surface area (Å²) in [6, 6.07) is 7.75. The number of nitrogen functional groups attached to an aromatic ring is 1. The average Bonchev–Trinajstić information content (AvgIpc) is 2.42. The molecule has 0 radical (unpaired) electrons. The second-order valence-electron chi connectivity index (χ2n) is 5.33. The molecule has 0 aromatic heterocycles. The zero-order valence-corrected chi connectivity index (χ0v) is 12.9. The normalized spacial score (nSPS) is 10.8. The standard InChI is InChI=1S/C16H27N3O/c1-4-19(13-7-12-18(2)3)16(20)11-10-14-8-5-6-9-15(14)17/h5-6,8-9H,4,7,10-13,17H2,1-3H3. The van der Waals surface area contributed by atoms with Crippen LogP contribution in [0.15, 0.2) is 24.3 Å². The Labute approximate surface area is 122 Å². The van der Waals surface area contributed by atoms with Gasteiger partial charge >= 0.3 is 0 Å². The summed E-state index contributed by atoms with van der Waals surface area (Å²) < 4.78 is 0. The van der Waals surface area contributed by atoms with Crippen molar-refractivity contribution in [1.29, 1.82) is 0 Å². The van der Waals surface area contributed by atoms with Gasteiger partial charge in [-0.1, -0.05) is 18.2 Å². The first-order valence-corrected chi connectivity index (χ1v) is 7.30. The molecule has 1 aromatic rings. The van der Waals surface area contributed by atoms with Crippen LogP contribution in [0.2, 0.25) is 0 Å². The van der Waals surface area contributed by atoms with E-state index in [1.54, 1.807) is 0 Å². The van der Waals surface area contributed by atoms with Crippen LogP contribution in [0.5, 0.6) is 0 Å². The van der Waals surface area contributed by atoms with Gasteiger partial charge in [-0.05, 0) is 52.0 Å². The summed E-state index contributed by atoms with van der Waals surface area (Å²) in [7, 11) is 4.10. The van der Waals surface area contributed by atoms with E-state index in [-0.39, 0.29) is 5.91 Å². The Kier molecular flexibility index (Phi) is 7.09. The van der Waals surface area contributed by atoms with Gasteiger partial charge in [-0.3, -0.25) is 4.79 Å². The Morgan fingerprint density at radius 2 is 1.90 bits per heavy atom. The van der Waals surface area contributed by atoms with E-state index in [1.807, 2.05) is 36.1 Å². The summed E-state index contributed by atoms with van der Waals surface area (Å²) in [5, 5.41) is 0. The van der Waals surface area contributed by atoms with Gasteiger partial charge in [0.25, 0.3) is 0 Å². The van der Waals surface area contributed by atoms with Crippen LogP contribution in [0.4, 0.5) is 5.69 Å². The highest BCUT2D eigenvalue weighted by Crippen LogP contribution is 2.13. The number of nitrogens with two attached hydrogens (primary N) is 1. The molecule has 0 heterocycles. The molecule has 0 fully saturated rings. The first-order valence-electron chi connectivity index (χ1n) is 7.30. The van der Waals surface area contributed by atoms with Crippen LogP contribution in [-0.2, 0) is 11.2 Å². The molecule has 0 saturated carbocycles. The second kappa shape index (κ2) is 8.59. The summed E-state index contributed by atoms with van der Waals surface area (Å²) in [6.07, 6.45) is 2.26. The van der Waals surface area contributed by atoms with Crippen molar-refractivity contribution in [2.24, 2.45) is 0 Å². The van der Waals surface area contributed by atoms with Crippen LogP contribution >= 0.6 is 0 Å². The van der Waals surface area contributed by atoms with Crippen LogP contribution in [-0.4, -0.2) is 49.4 Å². The van der Waals surface area contributed by atoms with Crippen molar-refractivity contribution in [1.82, 2.24) is 9.80 Å². The van der Waals surface area contributed by atoms with Crippen LogP contribution in [0, 0.1) is 0 Å². The first kappa shape index (κ1) is 16.5. The highest BCUT2D eigenvalue weighted by Gasteiger charge is 2.12.